The molecule has 0 amide bonds. The van der Waals surface area contributed by atoms with Gasteiger partial charge in [0.2, 0.25) is 5.95 Å². The summed E-state index contributed by atoms with van der Waals surface area (Å²) in [5, 5.41) is 16.8. The van der Waals surface area contributed by atoms with Crippen LogP contribution in [0.2, 0.25) is 0 Å². The molecule has 4 rings (SSSR count). The third-order valence-electron chi connectivity index (χ3n) is 6.48. The van der Waals surface area contributed by atoms with E-state index in [1.807, 2.05) is 16.8 Å². The van der Waals surface area contributed by atoms with Crippen LogP contribution in [-0.4, -0.2) is 31.7 Å². The summed E-state index contributed by atoms with van der Waals surface area (Å²) in [5.41, 5.74) is 4.94. The summed E-state index contributed by atoms with van der Waals surface area (Å²) in [6.45, 7) is 10.9. The molecule has 0 radical (unpaired) electrons. The molecule has 168 valence electrons. The Balaban J connectivity index is 1.66. The predicted octanol–water partition coefficient (Wildman–Crippen LogP) is 4.53. The Morgan fingerprint density at radius 3 is 2.75 bits per heavy atom. The molecule has 1 aromatic carbocycles. The van der Waals surface area contributed by atoms with Crippen molar-refractivity contribution < 1.29 is 4.39 Å². The van der Waals surface area contributed by atoms with Crippen molar-refractivity contribution in [2.75, 3.05) is 6.54 Å². The van der Waals surface area contributed by atoms with Crippen LogP contribution in [0.3, 0.4) is 0 Å². The molecule has 1 fully saturated rings. The number of allylic oxidation sites excluding steroid dienone is 1. The highest BCUT2D eigenvalue weighted by atomic mass is 19.1. The summed E-state index contributed by atoms with van der Waals surface area (Å²) in [6.07, 6.45) is 6.55. The fourth-order valence-corrected chi connectivity index (χ4v) is 5.19. The number of aromatic nitrogens is 5. The van der Waals surface area contributed by atoms with Crippen molar-refractivity contribution in [3.05, 3.63) is 77.1 Å². The van der Waals surface area contributed by atoms with Crippen molar-refractivity contribution in [3.8, 4) is 5.69 Å². The van der Waals surface area contributed by atoms with Crippen LogP contribution in [0.15, 0.2) is 43.0 Å². The zero-order chi connectivity index (χ0) is 22.7. The number of nitrogens with one attached hydrogen (secondary N) is 1. The second kappa shape index (κ2) is 9.28. The number of hydrogen-bond acceptors (Lipinski definition) is 5. The molecule has 2 heterocycles. The molecule has 1 aliphatic carbocycles. The molecular weight excluding hydrogens is 403 g/mol. The second-order valence-corrected chi connectivity index (χ2v) is 9.01. The lowest BCUT2D eigenvalue weighted by molar-refractivity contribution is 0.304. The number of pyridine rings is 1. The Hall–Kier alpha value is -2.93. The minimum Gasteiger partial charge on any atom is -0.304 e. The molecule has 1 aliphatic rings. The first kappa shape index (κ1) is 22.3. The number of nitrogens with zero attached hydrogens (tertiary/aromatic N) is 5. The molecule has 1 N–H and O–H groups in total. The fraction of sp³-hybridized carbons (Fsp3) is 0.440. The normalized spacial score (nSPS) is 20.6. The van der Waals surface area contributed by atoms with Gasteiger partial charge in [-0.2, -0.15) is 9.07 Å². The Morgan fingerprint density at radius 1 is 1.25 bits per heavy atom. The number of rotatable bonds is 8. The summed E-state index contributed by atoms with van der Waals surface area (Å²) in [5.74, 6) is 0.919. The van der Waals surface area contributed by atoms with Crippen LogP contribution in [0.25, 0.3) is 5.69 Å². The van der Waals surface area contributed by atoms with E-state index in [4.69, 9.17) is 0 Å². The highest BCUT2D eigenvalue weighted by molar-refractivity contribution is 5.49. The zero-order valence-electron chi connectivity index (χ0n) is 19.1. The molecule has 1 saturated carbocycles. The third-order valence-corrected chi connectivity index (χ3v) is 6.48. The maximum Gasteiger partial charge on any atom is 0.213 e. The van der Waals surface area contributed by atoms with Gasteiger partial charge in [0, 0.05) is 18.7 Å². The standard InChI is InChI=1S/C25H31FN6/c1-5-7-20-10-12-25(16-20,27-13-11-21-8-6-9-22(26)28-21)24-29-30-31-32(24)23-18(3)14-17(2)15-19(23)4/h5-6,8-9,14-15,20,27H,1,7,10-13,16H2,2-4H3. The molecule has 32 heavy (non-hydrogen) atoms. The van der Waals surface area contributed by atoms with Crippen molar-refractivity contribution in [2.24, 2.45) is 5.92 Å². The number of halogens is 1. The zero-order valence-corrected chi connectivity index (χ0v) is 19.1. The Kier molecular flexibility index (Phi) is 6.46. The van der Waals surface area contributed by atoms with Gasteiger partial charge in [0.1, 0.15) is 0 Å². The topological polar surface area (TPSA) is 68.5 Å². The summed E-state index contributed by atoms with van der Waals surface area (Å²) in [6, 6.07) is 9.26. The van der Waals surface area contributed by atoms with E-state index in [1.165, 1.54) is 11.6 Å². The van der Waals surface area contributed by atoms with Gasteiger partial charge in [0.05, 0.1) is 11.2 Å². The molecule has 2 atom stereocenters. The van der Waals surface area contributed by atoms with E-state index in [2.05, 4.69) is 65.3 Å². The van der Waals surface area contributed by atoms with E-state index < -0.39 is 5.95 Å². The van der Waals surface area contributed by atoms with Crippen LogP contribution in [0.4, 0.5) is 4.39 Å². The Labute approximate surface area is 189 Å². The first-order valence-electron chi connectivity index (χ1n) is 11.3. The van der Waals surface area contributed by atoms with Crippen molar-refractivity contribution in [2.45, 2.75) is 58.4 Å². The van der Waals surface area contributed by atoms with Crippen molar-refractivity contribution >= 4 is 0 Å². The second-order valence-electron chi connectivity index (χ2n) is 9.01. The maximum atomic E-state index is 13.5. The van der Waals surface area contributed by atoms with Crippen LogP contribution < -0.4 is 5.32 Å². The fourth-order valence-electron chi connectivity index (χ4n) is 5.19. The summed E-state index contributed by atoms with van der Waals surface area (Å²) in [4.78, 5) is 4.00. The highest BCUT2D eigenvalue weighted by Crippen LogP contribution is 2.43. The summed E-state index contributed by atoms with van der Waals surface area (Å²) < 4.78 is 15.4. The lowest BCUT2D eigenvalue weighted by atomic mass is 9.92. The van der Waals surface area contributed by atoms with Crippen molar-refractivity contribution in [1.82, 2.24) is 30.5 Å². The Morgan fingerprint density at radius 2 is 2.03 bits per heavy atom. The van der Waals surface area contributed by atoms with Gasteiger partial charge in [-0.3, -0.25) is 0 Å². The maximum absolute atomic E-state index is 13.5. The van der Waals surface area contributed by atoms with Crippen molar-refractivity contribution in [1.29, 1.82) is 0 Å². The van der Waals surface area contributed by atoms with Gasteiger partial charge < -0.3 is 5.32 Å². The van der Waals surface area contributed by atoms with Gasteiger partial charge in [-0.15, -0.1) is 11.7 Å². The van der Waals surface area contributed by atoms with E-state index in [0.717, 1.165) is 54.0 Å². The van der Waals surface area contributed by atoms with Crippen LogP contribution in [0.1, 0.15) is 53.9 Å². The molecule has 0 saturated heterocycles. The van der Waals surface area contributed by atoms with Crippen LogP contribution >= 0.6 is 0 Å². The van der Waals surface area contributed by atoms with Gasteiger partial charge in [-0.25, -0.2) is 4.98 Å². The molecule has 6 nitrogen and oxygen atoms in total. The van der Waals surface area contributed by atoms with Gasteiger partial charge in [0.15, 0.2) is 5.82 Å². The number of tetrazole rings is 1. The van der Waals surface area contributed by atoms with E-state index in [1.54, 1.807) is 6.07 Å². The third kappa shape index (κ3) is 4.48. The number of hydrogen-bond donors (Lipinski definition) is 1. The lowest BCUT2D eigenvalue weighted by Crippen LogP contribution is -2.44. The molecule has 0 spiro atoms. The van der Waals surface area contributed by atoms with E-state index >= 15 is 0 Å². The smallest absolute Gasteiger partial charge is 0.213 e. The molecule has 2 unspecified atom stereocenters. The first-order valence-corrected chi connectivity index (χ1v) is 11.3. The van der Waals surface area contributed by atoms with Gasteiger partial charge in [-0.1, -0.05) is 29.8 Å². The van der Waals surface area contributed by atoms with Gasteiger partial charge in [-0.05, 0) is 86.1 Å². The molecule has 2 aromatic heterocycles. The van der Waals surface area contributed by atoms with E-state index in [-0.39, 0.29) is 5.54 Å². The minimum atomic E-state index is -0.446. The van der Waals surface area contributed by atoms with Crippen LogP contribution in [0.5, 0.6) is 0 Å². The van der Waals surface area contributed by atoms with Crippen LogP contribution in [-0.2, 0) is 12.0 Å². The summed E-state index contributed by atoms with van der Waals surface area (Å²) >= 11 is 0. The quantitative estimate of drug-likeness (QED) is 0.417. The average molecular weight is 435 g/mol. The summed E-state index contributed by atoms with van der Waals surface area (Å²) in [7, 11) is 0. The van der Waals surface area contributed by atoms with Gasteiger partial charge >= 0.3 is 0 Å². The predicted molar refractivity (Wildman–Crippen MR) is 123 cm³/mol. The monoisotopic (exact) mass is 434 g/mol. The largest absolute Gasteiger partial charge is 0.304 e. The molecule has 0 aliphatic heterocycles. The van der Waals surface area contributed by atoms with E-state index in [9.17, 15) is 4.39 Å². The van der Waals surface area contributed by atoms with Crippen LogP contribution in [0, 0.1) is 32.6 Å². The molecular formula is C25H31FN6. The number of aryl methyl sites for hydroxylation is 3. The first-order chi connectivity index (χ1) is 15.4. The van der Waals surface area contributed by atoms with Gasteiger partial charge in [0.25, 0.3) is 0 Å². The molecule has 7 heteroatoms. The van der Waals surface area contributed by atoms with E-state index in [0.29, 0.717) is 18.9 Å². The molecule has 3 aromatic rings. The number of benzene rings is 1. The van der Waals surface area contributed by atoms with Crippen molar-refractivity contribution in [3.63, 3.8) is 0 Å². The SMILES string of the molecule is C=CCC1CCC(NCCc2cccc(F)n2)(c2nnnn2-c2c(C)cc(C)cc2C)C1. The molecule has 0 bridgehead atoms. The minimum absolute atomic E-state index is 0.353. The lowest BCUT2D eigenvalue weighted by Gasteiger charge is -2.30. The Bertz CT molecular complexity index is 1080. The average Bonchev–Trinajstić information content (AvgIpc) is 3.36. The highest BCUT2D eigenvalue weighted by Gasteiger charge is 2.44.